The van der Waals surface area contributed by atoms with Crippen molar-refractivity contribution in [3.8, 4) is 11.5 Å². The largest absolute Gasteiger partial charge is 0.493 e. The minimum atomic E-state index is -0.486. The van der Waals surface area contributed by atoms with Gasteiger partial charge in [-0.1, -0.05) is 60.2 Å². The molecule has 0 aliphatic carbocycles. The summed E-state index contributed by atoms with van der Waals surface area (Å²) in [6.45, 7) is 2.01. The maximum atomic E-state index is 13.6. The molecule has 7 nitrogen and oxygen atoms in total. The maximum absolute atomic E-state index is 13.6. The van der Waals surface area contributed by atoms with Gasteiger partial charge < -0.3 is 24.5 Å². The van der Waals surface area contributed by atoms with E-state index in [4.69, 9.17) is 13.9 Å². The summed E-state index contributed by atoms with van der Waals surface area (Å²) < 4.78 is 16.0. The van der Waals surface area contributed by atoms with Gasteiger partial charge in [-0.3, -0.25) is 9.59 Å². The molecular formula is C30H28N2O5. The van der Waals surface area contributed by atoms with Gasteiger partial charge in [0.05, 0.1) is 26.5 Å². The van der Waals surface area contributed by atoms with Gasteiger partial charge in [-0.15, -0.1) is 0 Å². The lowest BCUT2D eigenvalue weighted by molar-refractivity contribution is -0.118. The van der Waals surface area contributed by atoms with E-state index >= 15 is 0 Å². The molecular weight excluding hydrogens is 468 g/mol. The molecule has 1 heterocycles. The number of ether oxygens (including phenoxy) is 2. The van der Waals surface area contributed by atoms with Crippen molar-refractivity contribution in [2.75, 3.05) is 14.2 Å². The summed E-state index contributed by atoms with van der Waals surface area (Å²) in [5, 5.41) is 5.80. The number of aryl methyl sites for hydroxylation is 1. The van der Waals surface area contributed by atoms with E-state index in [1.54, 1.807) is 30.3 Å². The van der Waals surface area contributed by atoms with Crippen molar-refractivity contribution >= 4 is 17.9 Å². The van der Waals surface area contributed by atoms with Crippen LogP contribution in [0.1, 0.15) is 38.9 Å². The minimum absolute atomic E-state index is 0.0303. The Hall–Kier alpha value is -4.78. The Morgan fingerprint density at radius 1 is 0.838 bits per heavy atom. The number of benzene rings is 3. The summed E-state index contributed by atoms with van der Waals surface area (Å²) in [5.74, 6) is 0.358. The highest BCUT2D eigenvalue weighted by molar-refractivity contribution is 6.05. The van der Waals surface area contributed by atoms with Crippen LogP contribution in [-0.2, 0) is 4.79 Å². The van der Waals surface area contributed by atoms with Gasteiger partial charge >= 0.3 is 0 Å². The minimum Gasteiger partial charge on any atom is -0.493 e. The molecule has 188 valence electrons. The smallest absolute Gasteiger partial charge is 0.268 e. The number of furan rings is 1. The van der Waals surface area contributed by atoms with Crippen LogP contribution in [0.3, 0.4) is 0 Å². The lowest BCUT2D eigenvalue weighted by Crippen LogP contribution is -2.37. The molecule has 37 heavy (non-hydrogen) atoms. The Labute approximate surface area is 215 Å². The fraction of sp³-hybridized carbons (Fsp3) is 0.133. The van der Waals surface area contributed by atoms with Gasteiger partial charge in [0, 0.05) is 11.6 Å². The molecule has 1 aromatic heterocycles. The fourth-order valence-electron chi connectivity index (χ4n) is 3.82. The van der Waals surface area contributed by atoms with Crippen molar-refractivity contribution in [2.24, 2.45) is 0 Å². The Balaban J connectivity index is 1.65. The maximum Gasteiger partial charge on any atom is 0.268 e. The molecule has 1 unspecified atom stereocenters. The summed E-state index contributed by atoms with van der Waals surface area (Å²) >= 11 is 0. The molecule has 4 rings (SSSR count). The first-order chi connectivity index (χ1) is 18.0. The molecule has 0 spiro atoms. The average Bonchev–Trinajstić information content (AvgIpc) is 3.45. The van der Waals surface area contributed by atoms with Crippen LogP contribution in [0.2, 0.25) is 0 Å². The number of nitrogens with one attached hydrogen (secondary N) is 2. The van der Waals surface area contributed by atoms with Gasteiger partial charge in [0.25, 0.3) is 11.8 Å². The van der Waals surface area contributed by atoms with Crippen LogP contribution in [-0.4, -0.2) is 26.0 Å². The zero-order valence-corrected chi connectivity index (χ0v) is 20.9. The second-order valence-corrected chi connectivity index (χ2v) is 8.33. The van der Waals surface area contributed by atoms with Crippen LogP contribution in [0.4, 0.5) is 0 Å². The molecule has 2 amide bonds. The van der Waals surface area contributed by atoms with Crippen molar-refractivity contribution in [2.45, 2.75) is 13.0 Å². The Morgan fingerprint density at radius 3 is 2.19 bits per heavy atom. The first-order valence-electron chi connectivity index (χ1n) is 11.7. The van der Waals surface area contributed by atoms with Crippen molar-refractivity contribution in [3.63, 3.8) is 0 Å². The quantitative estimate of drug-likeness (QED) is 0.308. The monoisotopic (exact) mass is 496 g/mol. The lowest BCUT2D eigenvalue weighted by Gasteiger charge is -2.21. The number of amides is 2. The third-order valence-corrected chi connectivity index (χ3v) is 5.79. The fourth-order valence-corrected chi connectivity index (χ4v) is 3.82. The molecule has 0 saturated heterocycles. The Kier molecular flexibility index (Phi) is 8.05. The summed E-state index contributed by atoms with van der Waals surface area (Å²) in [7, 11) is 3.01. The summed E-state index contributed by atoms with van der Waals surface area (Å²) in [6.07, 6.45) is 2.99. The van der Waals surface area contributed by atoms with E-state index in [0.29, 0.717) is 22.8 Å². The number of hydrogen-bond acceptors (Lipinski definition) is 5. The average molecular weight is 497 g/mol. The topological polar surface area (TPSA) is 89.8 Å². The van der Waals surface area contributed by atoms with E-state index in [1.807, 2.05) is 61.5 Å². The molecule has 2 N–H and O–H groups in total. The van der Waals surface area contributed by atoms with Crippen LogP contribution in [0.15, 0.2) is 101 Å². The van der Waals surface area contributed by atoms with Crippen LogP contribution in [0, 0.1) is 6.92 Å². The first kappa shape index (κ1) is 25.3. The molecule has 0 radical (unpaired) electrons. The van der Waals surface area contributed by atoms with Crippen molar-refractivity contribution in [1.29, 1.82) is 0 Å². The zero-order valence-electron chi connectivity index (χ0n) is 20.9. The Bertz CT molecular complexity index is 1380. The van der Waals surface area contributed by atoms with Crippen LogP contribution >= 0.6 is 0 Å². The van der Waals surface area contributed by atoms with E-state index in [-0.39, 0.29) is 5.70 Å². The molecule has 0 aliphatic rings. The van der Waals surface area contributed by atoms with Gasteiger partial charge in [0.15, 0.2) is 11.5 Å². The highest BCUT2D eigenvalue weighted by atomic mass is 16.5. The highest BCUT2D eigenvalue weighted by Gasteiger charge is 2.22. The first-order valence-corrected chi connectivity index (χ1v) is 11.7. The normalized spacial score (nSPS) is 11.9. The van der Waals surface area contributed by atoms with Crippen molar-refractivity contribution in [3.05, 3.63) is 125 Å². The van der Waals surface area contributed by atoms with Gasteiger partial charge in [-0.2, -0.15) is 0 Å². The highest BCUT2D eigenvalue weighted by Crippen LogP contribution is 2.28. The number of carbonyl (C=O) groups is 2. The van der Waals surface area contributed by atoms with Gasteiger partial charge in [0.1, 0.15) is 11.5 Å². The molecule has 1 atom stereocenters. The SMILES string of the molecule is COc1ccc(C(=O)N/C(=C\c2ccco2)C(=O)NC(c2ccccc2)c2ccc(C)cc2)cc1OC. The van der Waals surface area contributed by atoms with E-state index in [0.717, 1.165) is 16.7 Å². The van der Waals surface area contributed by atoms with Gasteiger partial charge in [-0.05, 0) is 48.4 Å². The van der Waals surface area contributed by atoms with Crippen molar-refractivity contribution in [1.82, 2.24) is 10.6 Å². The third kappa shape index (κ3) is 6.27. The second kappa shape index (κ2) is 11.8. The molecule has 7 heteroatoms. The van der Waals surface area contributed by atoms with E-state index in [2.05, 4.69) is 10.6 Å². The number of methoxy groups -OCH3 is 2. The van der Waals surface area contributed by atoms with E-state index in [9.17, 15) is 9.59 Å². The predicted octanol–water partition coefficient (Wildman–Crippen LogP) is 5.28. The van der Waals surface area contributed by atoms with Crippen LogP contribution < -0.4 is 20.1 Å². The van der Waals surface area contributed by atoms with Gasteiger partial charge in [-0.25, -0.2) is 0 Å². The summed E-state index contributed by atoms with van der Waals surface area (Å²) in [5.41, 5.74) is 3.26. The lowest BCUT2D eigenvalue weighted by atomic mass is 9.97. The molecule has 4 aromatic rings. The van der Waals surface area contributed by atoms with E-state index in [1.165, 1.54) is 26.6 Å². The molecule has 0 aliphatic heterocycles. The Morgan fingerprint density at radius 2 is 1.54 bits per heavy atom. The molecule has 0 fully saturated rings. The molecule has 3 aromatic carbocycles. The predicted molar refractivity (Wildman–Crippen MR) is 141 cm³/mol. The van der Waals surface area contributed by atoms with E-state index < -0.39 is 17.9 Å². The van der Waals surface area contributed by atoms with Gasteiger partial charge in [0.2, 0.25) is 0 Å². The van der Waals surface area contributed by atoms with Crippen LogP contribution in [0.5, 0.6) is 11.5 Å². The van der Waals surface area contributed by atoms with Crippen LogP contribution in [0.25, 0.3) is 6.08 Å². The second-order valence-electron chi connectivity index (χ2n) is 8.33. The summed E-state index contributed by atoms with van der Waals surface area (Å²) in [4.78, 5) is 26.8. The third-order valence-electron chi connectivity index (χ3n) is 5.79. The summed E-state index contributed by atoms with van der Waals surface area (Å²) in [6, 6.07) is 25.3. The molecule has 0 bridgehead atoms. The number of hydrogen-bond donors (Lipinski definition) is 2. The molecule has 0 saturated carbocycles. The number of carbonyl (C=O) groups excluding carboxylic acids is 2. The number of rotatable bonds is 9. The zero-order chi connectivity index (χ0) is 26.2. The van der Waals surface area contributed by atoms with Crippen molar-refractivity contribution < 1.29 is 23.5 Å². The standard InChI is InChI=1S/C30H28N2O5/c1-20-11-13-22(14-12-20)28(21-8-5-4-6-9-21)32-30(34)25(19-24-10-7-17-37-24)31-29(33)23-15-16-26(35-2)27(18-23)36-3/h4-19,28H,1-3H3,(H,31,33)(H,32,34)/b25-19-.